The molecule has 0 atom stereocenters. The molecule has 0 fully saturated rings. The summed E-state index contributed by atoms with van der Waals surface area (Å²) in [5.74, 6) is -0.191. The fourth-order valence-electron chi connectivity index (χ4n) is 1.29. The molecule has 1 aromatic heterocycles. The summed E-state index contributed by atoms with van der Waals surface area (Å²) in [6.45, 7) is 3.70. The second-order valence-electron chi connectivity index (χ2n) is 3.92. The third-order valence-electron chi connectivity index (χ3n) is 1.95. The van der Waals surface area contributed by atoms with Crippen LogP contribution in [-0.2, 0) is 0 Å². The van der Waals surface area contributed by atoms with Gasteiger partial charge in [-0.05, 0) is 12.0 Å². The minimum atomic E-state index is -0.689. The number of furan rings is 1. The fourth-order valence-corrected chi connectivity index (χ4v) is 1.29. The fraction of sp³-hybridized carbons (Fsp3) is 0.400. The first-order chi connectivity index (χ1) is 7.90. The van der Waals surface area contributed by atoms with Crippen molar-refractivity contribution in [1.82, 2.24) is 0 Å². The number of nitrogens with zero attached hydrogens (tertiary/aromatic N) is 2. The van der Waals surface area contributed by atoms with E-state index in [1.54, 1.807) is 0 Å². The summed E-state index contributed by atoms with van der Waals surface area (Å²) in [7, 11) is 0. The Morgan fingerprint density at radius 3 is 2.47 bits per heavy atom. The van der Waals surface area contributed by atoms with Crippen LogP contribution in [-0.4, -0.2) is 9.85 Å². The Bertz CT molecular complexity index is 461. The van der Waals surface area contributed by atoms with Crippen molar-refractivity contribution in [2.45, 2.75) is 20.3 Å². The lowest BCUT2D eigenvalue weighted by Gasteiger charge is -2.00. The first-order valence-corrected chi connectivity index (χ1v) is 4.99. The number of hydrogen-bond acceptors (Lipinski definition) is 5. The molecule has 0 unspecified atom stereocenters. The maximum Gasteiger partial charge on any atom is 0.433 e. The van der Waals surface area contributed by atoms with Gasteiger partial charge >= 0.3 is 5.88 Å². The van der Waals surface area contributed by atoms with Crippen molar-refractivity contribution in [3.05, 3.63) is 43.8 Å². The van der Waals surface area contributed by atoms with E-state index in [-0.39, 0.29) is 23.8 Å². The van der Waals surface area contributed by atoms with E-state index in [1.807, 2.05) is 13.8 Å². The van der Waals surface area contributed by atoms with Crippen LogP contribution in [0.5, 0.6) is 0 Å². The normalized spacial score (nSPS) is 11.8. The highest BCUT2D eigenvalue weighted by atomic mass is 16.6. The Hall–Kier alpha value is -2.18. The van der Waals surface area contributed by atoms with Crippen LogP contribution in [0.4, 0.5) is 5.88 Å². The molecule has 0 aromatic carbocycles. The highest BCUT2D eigenvalue weighted by Gasteiger charge is 2.16. The average Bonchev–Trinajstić information content (AvgIpc) is 2.64. The molecule has 0 aliphatic heterocycles. The first kappa shape index (κ1) is 12.9. The van der Waals surface area contributed by atoms with Gasteiger partial charge in [0, 0.05) is 6.42 Å². The molecule has 0 aliphatic rings. The summed E-state index contributed by atoms with van der Waals surface area (Å²) in [5.41, 5.74) is -0.0238. The van der Waals surface area contributed by atoms with Crippen molar-refractivity contribution in [3.8, 4) is 0 Å². The molecule has 0 saturated carbocycles. The van der Waals surface area contributed by atoms with Crippen molar-refractivity contribution in [2.75, 3.05) is 0 Å². The highest BCUT2D eigenvalue weighted by Crippen LogP contribution is 2.20. The first-order valence-electron chi connectivity index (χ1n) is 4.99. The molecule has 7 heteroatoms. The minimum absolute atomic E-state index is 0.0238. The third-order valence-corrected chi connectivity index (χ3v) is 1.95. The number of rotatable bonds is 5. The van der Waals surface area contributed by atoms with E-state index in [4.69, 9.17) is 4.42 Å². The monoisotopic (exact) mass is 240 g/mol. The molecule has 7 nitrogen and oxygen atoms in total. The molecular formula is C10H12N2O5. The van der Waals surface area contributed by atoms with Gasteiger partial charge in [-0.2, -0.15) is 0 Å². The van der Waals surface area contributed by atoms with Gasteiger partial charge in [-0.15, -0.1) is 0 Å². The maximum absolute atomic E-state index is 10.7. The van der Waals surface area contributed by atoms with Crippen LogP contribution in [0.25, 0.3) is 6.08 Å². The summed E-state index contributed by atoms with van der Waals surface area (Å²) < 4.78 is 4.83. The SMILES string of the molecule is CC(C)CC(=Cc1ccc([N+](=O)[O-])o1)[N+](=O)[O-]. The summed E-state index contributed by atoms with van der Waals surface area (Å²) in [6, 6.07) is 2.50. The topological polar surface area (TPSA) is 99.4 Å². The van der Waals surface area contributed by atoms with E-state index < -0.39 is 15.7 Å². The molecule has 0 radical (unpaired) electrons. The summed E-state index contributed by atoms with van der Waals surface area (Å²) in [4.78, 5) is 19.9. The summed E-state index contributed by atoms with van der Waals surface area (Å²) in [5, 5.41) is 21.1. The predicted octanol–water partition coefficient (Wildman–Crippen LogP) is 2.85. The van der Waals surface area contributed by atoms with Crippen molar-refractivity contribution in [2.24, 2.45) is 5.92 Å². The summed E-state index contributed by atoms with van der Waals surface area (Å²) in [6.07, 6.45) is 1.49. The standard InChI is InChI=1S/C10H12N2O5/c1-7(2)5-8(11(13)14)6-9-3-4-10(17-9)12(15)16/h3-4,6-7H,5H2,1-2H3. The second-order valence-corrected chi connectivity index (χ2v) is 3.92. The molecule has 0 spiro atoms. The van der Waals surface area contributed by atoms with Gasteiger partial charge in [0.15, 0.2) is 0 Å². The van der Waals surface area contributed by atoms with E-state index in [0.29, 0.717) is 0 Å². The van der Waals surface area contributed by atoms with Crippen LogP contribution in [0.1, 0.15) is 26.0 Å². The Morgan fingerprint density at radius 1 is 1.41 bits per heavy atom. The van der Waals surface area contributed by atoms with Gasteiger partial charge in [0.2, 0.25) is 5.70 Å². The number of allylic oxidation sites excluding steroid dienone is 1. The van der Waals surface area contributed by atoms with Crippen molar-refractivity contribution >= 4 is 12.0 Å². The molecule has 0 aliphatic carbocycles. The van der Waals surface area contributed by atoms with E-state index in [9.17, 15) is 20.2 Å². The van der Waals surface area contributed by atoms with Gasteiger partial charge in [0.05, 0.1) is 17.1 Å². The Morgan fingerprint density at radius 2 is 2.06 bits per heavy atom. The van der Waals surface area contributed by atoms with Gasteiger partial charge in [0.1, 0.15) is 10.7 Å². The highest BCUT2D eigenvalue weighted by molar-refractivity contribution is 5.46. The molecule has 17 heavy (non-hydrogen) atoms. The molecule has 92 valence electrons. The van der Waals surface area contributed by atoms with Crippen LogP contribution in [0.15, 0.2) is 22.2 Å². The molecule has 0 bridgehead atoms. The van der Waals surface area contributed by atoms with Gasteiger partial charge in [-0.1, -0.05) is 13.8 Å². The smallest absolute Gasteiger partial charge is 0.401 e. The molecular weight excluding hydrogens is 228 g/mol. The molecule has 0 saturated heterocycles. The van der Waals surface area contributed by atoms with Crippen molar-refractivity contribution < 1.29 is 14.3 Å². The third kappa shape index (κ3) is 3.71. The lowest BCUT2D eigenvalue weighted by molar-refractivity contribution is -0.427. The van der Waals surface area contributed by atoms with E-state index in [2.05, 4.69) is 0 Å². The van der Waals surface area contributed by atoms with Crippen LogP contribution in [0.3, 0.4) is 0 Å². The average molecular weight is 240 g/mol. The van der Waals surface area contributed by atoms with Crippen LogP contribution in [0.2, 0.25) is 0 Å². The van der Waals surface area contributed by atoms with Gasteiger partial charge in [0.25, 0.3) is 0 Å². The van der Waals surface area contributed by atoms with Crippen LogP contribution in [0, 0.1) is 26.1 Å². The predicted molar refractivity (Wildman–Crippen MR) is 59.8 cm³/mol. The zero-order chi connectivity index (χ0) is 13.0. The lowest BCUT2D eigenvalue weighted by atomic mass is 10.1. The molecule has 1 aromatic rings. The van der Waals surface area contributed by atoms with Gasteiger partial charge in [-0.25, -0.2) is 0 Å². The zero-order valence-electron chi connectivity index (χ0n) is 9.45. The van der Waals surface area contributed by atoms with E-state index >= 15 is 0 Å². The van der Waals surface area contributed by atoms with Gasteiger partial charge in [-0.3, -0.25) is 20.2 Å². The minimum Gasteiger partial charge on any atom is -0.401 e. The number of hydrogen-bond donors (Lipinski definition) is 0. The molecule has 1 heterocycles. The van der Waals surface area contributed by atoms with Crippen LogP contribution < -0.4 is 0 Å². The second kappa shape index (κ2) is 5.24. The Balaban J connectivity index is 2.96. The van der Waals surface area contributed by atoms with Gasteiger partial charge < -0.3 is 4.42 Å². The molecule has 0 N–H and O–H groups in total. The molecule has 0 amide bonds. The van der Waals surface area contributed by atoms with Crippen molar-refractivity contribution in [1.29, 1.82) is 0 Å². The van der Waals surface area contributed by atoms with Crippen LogP contribution >= 0.6 is 0 Å². The molecule has 1 rings (SSSR count). The summed E-state index contributed by atoms with van der Waals surface area (Å²) >= 11 is 0. The number of nitro groups is 2. The van der Waals surface area contributed by atoms with E-state index in [0.717, 1.165) is 0 Å². The van der Waals surface area contributed by atoms with Crippen molar-refractivity contribution in [3.63, 3.8) is 0 Å². The largest absolute Gasteiger partial charge is 0.433 e. The quantitative estimate of drug-likeness (QED) is 0.581. The van der Waals surface area contributed by atoms with E-state index in [1.165, 1.54) is 18.2 Å². The lowest BCUT2D eigenvalue weighted by Crippen LogP contribution is -2.02. The Kier molecular flexibility index (Phi) is 3.97. The Labute approximate surface area is 97.0 Å². The zero-order valence-corrected chi connectivity index (χ0v) is 9.45. The maximum atomic E-state index is 10.7.